The van der Waals surface area contributed by atoms with Gasteiger partial charge < -0.3 is 15.5 Å². The van der Waals surface area contributed by atoms with Gasteiger partial charge in [-0.25, -0.2) is 4.79 Å². The molecule has 96 valence electrons. The number of carbonyl (C=O) groups is 1. The minimum atomic E-state index is 0.295. The van der Waals surface area contributed by atoms with Crippen LogP contribution in [0, 0.1) is 0 Å². The number of nitrogens with two attached hydrogens (primary N) is 1. The second kappa shape index (κ2) is 4.48. The van der Waals surface area contributed by atoms with Crippen LogP contribution in [0.5, 0.6) is 0 Å². The Hall–Kier alpha value is -0.770. The Kier molecular flexibility index (Phi) is 2.99. The van der Waals surface area contributed by atoms with E-state index < -0.39 is 0 Å². The van der Waals surface area contributed by atoms with Crippen molar-refractivity contribution in [2.45, 2.75) is 63.1 Å². The lowest BCUT2D eigenvalue weighted by Gasteiger charge is -2.41. The molecule has 17 heavy (non-hydrogen) atoms. The molecule has 0 aromatic rings. The summed E-state index contributed by atoms with van der Waals surface area (Å²) in [5.74, 6) is 0. The van der Waals surface area contributed by atoms with Crippen molar-refractivity contribution in [3.8, 4) is 0 Å². The summed E-state index contributed by atoms with van der Waals surface area (Å²) < 4.78 is 0. The summed E-state index contributed by atoms with van der Waals surface area (Å²) in [4.78, 5) is 16.8. The summed E-state index contributed by atoms with van der Waals surface area (Å²) in [7, 11) is 0. The van der Waals surface area contributed by atoms with Crippen LogP contribution in [0.1, 0.15) is 44.9 Å². The number of hydrogen-bond donors (Lipinski definition) is 1. The standard InChI is InChI=1S/C13H23N3O/c14-10-8-11-4-5-12(9-10)16(11)13(17)15-6-2-1-3-7-15/h10-12H,1-9,14H2. The lowest BCUT2D eigenvalue weighted by Crippen LogP contribution is -2.55. The first-order valence-corrected chi connectivity index (χ1v) is 7.08. The first-order valence-electron chi connectivity index (χ1n) is 7.08. The Labute approximate surface area is 103 Å². The lowest BCUT2D eigenvalue weighted by atomic mass is 9.98. The third-order valence-electron chi connectivity index (χ3n) is 4.62. The molecule has 4 heteroatoms. The van der Waals surface area contributed by atoms with Gasteiger partial charge in [-0.2, -0.15) is 0 Å². The van der Waals surface area contributed by atoms with Gasteiger partial charge in [-0.15, -0.1) is 0 Å². The molecule has 0 saturated carbocycles. The monoisotopic (exact) mass is 237 g/mol. The summed E-state index contributed by atoms with van der Waals surface area (Å²) in [5, 5.41) is 0. The van der Waals surface area contributed by atoms with Crippen LogP contribution in [-0.4, -0.2) is 47.0 Å². The maximum absolute atomic E-state index is 12.5. The highest BCUT2D eigenvalue weighted by atomic mass is 16.2. The van der Waals surface area contributed by atoms with Crippen molar-refractivity contribution in [1.29, 1.82) is 0 Å². The topological polar surface area (TPSA) is 49.6 Å². The average Bonchev–Trinajstić information content (AvgIpc) is 2.62. The zero-order chi connectivity index (χ0) is 11.8. The van der Waals surface area contributed by atoms with Gasteiger partial charge in [0.15, 0.2) is 0 Å². The van der Waals surface area contributed by atoms with E-state index >= 15 is 0 Å². The molecule has 3 aliphatic rings. The van der Waals surface area contributed by atoms with Crippen molar-refractivity contribution in [3.05, 3.63) is 0 Å². The van der Waals surface area contributed by atoms with Crippen molar-refractivity contribution >= 4 is 6.03 Å². The quantitative estimate of drug-likeness (QED) is 0.695. The van der Waals surface area contributed by atoms with Crippen LogP contribution in [0.25, 0.3) is 0 Å². The Morgan fingerprint density at radius 2 is 1.59 bits per heavy atom. The number of amides is 2. The SMILES string of the molecule is NC1CC2CCC(C1)N2C(=O)N1CCCCC1. The summed E-state index contributed by atoms with van der Waals surface area (Å²) in [5.41, 5.74) is 6.04. The molecular weight excluding hydrogens is 214 g/mol. The molecule has 0 aromatic carbocycles. The van der Waals surface area contributed by atoms with E-state index in [-0.39, 0.29) is 0 Å². The lowest BCUT2D eigenvalue weighted by molar-refractivity contribution is 0.0998. The van der Waals surface area contributed by atoms with Gasteiger partial charge in [0.05, 0.1) is 0 Å². The third-order valence-corrected chi connectivity index (χ3v) is 4.62. The highest BCUT2D eigenvalue weighted by Gasteiger charge is 2.43. The average molecular weight is 237 g/mol. The van der Waals surface area contributed by atoms with E-state index in [1.54, 1.807) is 0 Å². The molecule has 0 radical (unpaired) electrons. The van der Waals surface area contributed by atoms with Crippen LogP contribution in [0.3, 0.4) is 0 Å². The molecule has 3 saturated heterocycles. The molecule has 3 fully saturated rings. The summed E-state index contributed by atoms with van der Waals surface area (Å²) >= 11 is 0. The van der Waals surface area contributed by atoms with Crippen molar-refractivity contribution in [2.24, 2.45) is 5.73 Å². The van der Waals surface area contributed by atoms with E-state index in [1.807, 2.05) is 0 Å². The van der Waals surface area contributed by atoms with Gasteiger partial charge in [-0.1, -0.05) is 0 Å². The van der Waals surface area contributed by atoms with E-state index in [1.165, 1.54) is 19.3 Å². The number of fused-ring (bicyclic) bond motifs is 2. The summed E-state index contributed by atoms with van der Waals surface area (Å²) in [6.45, 7) is 1.92. The first kappa shape index (κ1) is 11.3. The summed E-state index contributed by atoms with van der Waals surface area (Å²) in [6, 6.07) is 1.47. The van der Waals surface area contributed by atoms with Crippen LogP contribution in [0.15, 0.2) is 0 Å². The fourth-order valence-electron chi connectivity index (χ4n) is 3.78. The van der Waals surface area contributed by atoms with Gasteiger partial charge >= 0.3 is 6.03 Å². The molecule has 0 spiro atoms. The maximum Gasteiger partial charge on any atom is 0.320 e. The van der Waals surface area contributed by atoms with E-state index in [2.05, 4.69) is 9.80 Å². The molecule has 3 heterocycles. The fourth-order valence-corrected chi connectivity index (χ4v) is 3.78. The molecule has 0 aliphatic carbocycles. The van der Waals surface area contributed by atoms with Gasteiger partial charge in [0.2, 0.25) is 0 Å². The molecule has 3 aliphatic heterocycles. The van der Waals surface area contributed by atoms with Crippen LogP contribution in [0.4, 0.5) is 4.79 Å². The zero-order valence-corrected chi connectivity index (χ0v) is 10.5. The predicted octanol–water partition coefficient (Wildman–Crippen LogP) is 1.55. The predicted molar refractivity (Wildman–Crippen MR) is 66.7 cm³/mol. The van der Waals surface area contributed by atoms with E-state index in [4.69, 9.17) is 5.73 Å². The van der Waals surface area contributed by atoms with E-state index in [0.29, 0.717) is 24.2 Å². The number of nitrogens with zero attached hydrogens (tertiary/aromatic N) is 2. The highest BCUT2D eigenvalue weighted by molar-refractivity contribution is 5.75. The molecule has 2 atom stereocenters. The largest absolute Gasteiger partial charge is 0.328 e. The van der Waals surface area contributed by atoms with E-state index in [9.17, 15) is 4.79 Å². The minimum absolute atomic E-state index is 0.295. The van der Waals surface area contributed by atoms with Crippen LogP contribution in [-0.2, 0) is 0 Å². The second-order valence-electron chi connectivity index (χ2n) is 5.85. The van der Waals surface area contributed by atoms with Crippen LogP contribution < -0.4 is 5.73 Å². The van der Waals surface area contributed by atoms with Crippen molar-refractivity contribution in [1.82, 2.24) is 9.80 Å². The van der Waals surface area contributed by atoms with Gasteiger partial charge in [0, 0.05) is 31.2 Å². The Morgan fingerprint density at radius 1 is 1.00 bits per heavy atom. The number of likely N-dealkylation sites (tertiary alicyclic amines) is 1. The molecule has 2 bridgehead atoms. The molecule has 0 aromatic heterocycles. The number of urea groups is 1. The van der Waals surface area contributed by atoms with Crippen molar-refractivity contribution in [3.63, 3.8) is 0 Å². The van der Waals surface area contributed by atoms with Gasteiger partial charge in [0.25, 0.3) is 0 Å². The van der Waals surface area contributed by atoms with E-state index in [0.717, 1.165) is 38.8 Å². The number of carbonyl (C=O) groups excluding carboxylic acids is 1. The highest BCUT2D eigenvalue weighted by Crippen LogP contribution is 2.36. The number of rotatable bonds is 0. The van der Waals surface area contributed by atoms with Crippen molar-refractivity contribution < 1.29 is 4.79 Å². The van der Waals surface area contributed by atoms with Gasteiger partial charge in [-0.3, -0.25) is 0 Å². The van der Waals surface area contributed by atoms with Crippen LogP contribution in [0.2, 0.25) is 0 Å². The zero-order valence-electron chi connectivity index (χ0n) is 10.5. The fraction of sp³-hybridized carbons (Fsp3) is 0.923. The molecular formula is C13H23N3O. The number of piperidine rings is 2. The number of hydrogen-bond acceptors (Lipinski definition) is 2. The molecule has 2 amide bonds. The molecule has 4 nitrogen and oxygen atoms in total. The second-order valence-corrected chi connectivity index (χ2v) is 5.85. The molecule has 2 unspecified atom stereocenters. The Balaban J connectivity index is 1.69. The first-order chi connectivity index (χ1) is 8.25. The molecule has 2 N–H and O–H groups in total. The van der Waals surface area contributed by atoms with Crippen molar-refractivity contribution in [2.75, 3.05) is 13.1 Å². The smallest absolute Gasteiger partial charge is 0.320 e. The Bertz CT molecular complexity index is 287. The summed E-state index contributed by atoms with van der Waals surface area (Å²) in [6.07, 6.45) is 7.98. The third kappa shape index (κ3) is 2.03. The normalized spacial score (nSPS) is 37.4. The van der Waals surface area contributed by atoms with Gasteiger partial charge in [0.1, 0.15) is 0 Å². The van der Waals surface area contributed by atoms with Gasteiger partial charge in [-0.05, 0) is 44.9 Å². The van der Waals surface area contributed by atoms with Crippen LogP contribution >= 0.6 is 0 Å². The minimum Gasteiger partial charge on any atom is -0.328 e. The maximum atomic E-state index is 12.5. The Morgan fingerprint density at radius 3 is 2.18 bits per heavy atom. The molecule has 3 rings (SSSR count).